The zero-order valence-electron chi connectivity index (χ0n) is 12.0. The topological polar surface area (TPSA) is 24.5 Å². The highest BCUT2D eigenvalue weighted by atomic mass is 35.5. The Balaban J connectivity index is 2.24. The van der Waals surface area contributed by atoms with Gasteiger partial charge in [-0.2, -0.15) is 0 Å². The van der Waals surface area contributed by atoms with Crippen LogP contribution in [-0.4, -0.2) is 32.3 Å². The fourth-order valence-corrected chi connectivity index (χ4v) is 2.71. The van der Waals surface area contributed by atoms with E-state index in [4.69, 9.17) is 16.3 Å². The summed E-state index contributed by atoms with van der Waals surface area (Å²) >= 11 is 6.09. The van der Waals surface area contributed by atoms with Crippen LogP contribution in [0.15, 0.2) is 18.2 Å². The molecule has 2 rings (SSSR count). The lowest BCUT2D eigenvalue weighted by Crippen LogP contribution is -2.48. The van der Waals surface area contributed by atoms with Gasteiger partial charge in [0.2, 0.25) is 0 Å². The molecule has 1 aliphatic rings. The van der Waals surface area contributed by atoms with Gasteiger partial charge >= 0.3 is 0 Å². The Bertz CT molecular complexity index is 438. The third-order valence-corrected chi connectivity index (χ3v) is 4.29. The molecule has 0 aromatic heterocycles. The zero-order valence-corrected chi connectivity index (χ0v) is 12.8. The van der Waals surface area contributed by atoms with E-state index in [0.29, 0.717) is 5.02 Å². The zero-order chi connectivity index (χ0) is 13.9. The van der Waals surface area contributed by atoms with Gasteiger partial charge in [-0.1, -0.05) is 18.5 Å². The van der Waals surface area contributed by atoms with Crippen LogP contribution in [0.25, 0.3) is 0 Å². The lowest BCUT2D eigenvalue weighted by Gasteiger charge is -2.34. The molecule has 1 heterocycles. The molecule has 1 atom stereocenters. The third-order valence-electron chi connectivity index (χ3n) is 3.98. The first-order valence-electron chi connectivity index (χ1n) is 6.91. The number of benzene rings is 1. The monoisotopic (exact) mass is 282 g/mol. The van der Waals surface area contributed by atoms with Crippen molar-refractivity contribution >= 4 is 17.3 Å². The van der Waals surface area contributed by atoms with Crippen LogP contribution in [0.5, 0.6) is 5.75 Å². The molecule has 0 saturated carbocycles. The number of nitrogens with one attached hydrogen (secondary N) is 1. The summed E-state index contributed by atoms with van der Waals surface area (Å²) in [5.41, 5.74) is 1.35. The van der Waals surface area contributed by atoms with Crippen molar-refractivity contribution in [1.82, 2.24) is 5.32 Å². The van der Waals surface area contributed by atoms with E-state index in [9.17, 15) is 0 Å². The molecule has 1 unspecified atom stereocenters. The molecule has 19 heavy (non-hydrogen) atoms. The van der Waals surface area contributed by atoms with Crippen LogP contribution >= 0.6 is 11.6 Å². The largest absolute Gasteiger partial charge is 0.495 e. The summed E-state index contributed by atoms with van der Waals surface area (Å²) in [6.45, 7) is 7.67. The van der Waals surface area contributed by atoms with Gasteiger partial charge in [-0.25, -0.2) is 0 Å². The van der Waals surface area contributed by atoms with E-state index in [1.54, 1.807) is 7.11 Å². The van der Waals surface area contributed by atoms with Gasteiger partial charge in [-0.15, -0.1) is 0 Å². The molecule has 0 radical (unpaired) electrons. The Kier molecular flexibility index (Phi) is 4.58. The Hall–Kier alpha value is -0.930. The van der Waals surface area contributed by atoms with Crippen LogP contribution in [0.2, 0.25) is 5.02 Å². The number of methoxy groups -OCH3 is 1. The summed E-state index contributed by atoms with van der Waals surface area (Å²) in [5, 5.41) is 4.31. The number of ether oxygens (including phenoxy) is 1. The van der Waals surface area contributed by atoms with E-state index in [2.05, 4.69) is 30.1 Å². The van der Waals surface area contributed by atoms with Gasteiger partial charge in [0.15, 0.2) is 0 Å². The Morgan fingerprint density at radius 3 is 2.95 bits per heavy atom. The molecule has 0 bridgehead atoms. The second-order valence-corrected chi connectivity index (χ2v) is 5.84. The number of halogens is 1. The summed E-state index contributed by atoms with van der Waals surface area (Å²) in [6.07, 6.45) is 2.27. The SMILES string of the molecule is CCC1(C)CN(c2ccc(Cl)c(OC)c2)CCCN1. The molecule has 1 fully saturated rings. The van der Waals surface area contributed by atoms with Crippen LogP contribution in [0.4, 0.5) is 5.69 Å². The van der Waals surface area contributed by atoms with E-state index in [1.807, 2.05) is 12.1 Å². The summed E-state index contributed by atoms with van der Waals surface area (Å²) < 4.78 is 5.31. The quantitative estimate of drug-likeness (QED) is 0.920. The van der Waals surface area contributed by atoms with Crippen molar-refractivity contribution in [1.29, 1.82) is 0 Å². The maximum absolute atomic E-state index is 6.09. The lowest BCUT2D eigenvalue weighted by molar-refractivity contribution is 0.366. The molecular weight excluding hydrogens is 260 g/mol. The minimum Gasteiger partial charge on any atom is -0.495 e. The number of hydrogen-bond acceptors (Lipinski definition) is 3. The number of nitrogens with zero attached hydrogens (tertiary/aromatic N) is 1. The van der Waals surface area contributed by atoms with Crippen LogP contribution in [0.3, 0.4) is 0 Å². The standard InChI is InChI=1S/C15H23ClN2O/c1-4-15(2)11-18(9-5-8-17-15)12-6-7-13(16)14(10-12)19-3/h6-7,10,17H,4-5,8-9,11H2,1-3H3. The van der Waals surface area contributed by atoms with E-state index >= 15 is 0 Å². The van der Waals surface area contributed by atoms with Crippen molar-refractivity contribution in [2.24, 2.45) is 0 Å². The first kappa shape index (κ1) is 14.5. The molecular formula is C15H23ClN2O. The van der Waals surface area contributed by atoms with Crippen molar-refractivity contribution in [3.63, 3.8) is 0 Å². The van der Waals surface area contributed by atoms with Gasteiger partial charge in [0, 0.05) is 30.4 Å². The highest BCUT2D eigenvalue weighted by Crippen LogP contribution is 2.30. The van der Waals surface area contributed by atoms with Gasteiger partial charge in [-0.05, 0) is 38.4 Å². The molecule has 106 valence electrons. The predicted molar refractivity (Wildman–Crippen MR) is 81.5 cm³/mol. The lowest BCUT2D eigenvalue weighted by atomic mass is 9.98. The maximum atomic E-state index is 6.09. The van der Waals surface area contributed by atoms with Gasteiger partial charge in [-0.3, -0.25) is 0 Å². The Labute approximate surface area is 120 Å². The van der Waals surface area contributed by atoms with Gasteiger partial charge in [0.25, 0.3) is 0 Å². The summed E-state index contributed by atoms with van der Waals surface area (Å²) in [6, 6.07) is 6.02. The minimum absolute atomic E-state index is 0.170. The summed E-state index contributed by atoms with van der Waals surface area (Å²) in [7, 11) is 1.66. The molecule has 0 spiro atoms. The molecule has 4 heteroatoms. The second-order valence-electron chi connectivity index (χ2n) is 5.43. The first-order chi connectivity index (χ1) is 9.08. The fourth-order valence-electron chi connectivity index (χ4n) is 2.52. The molecule has 1 aliphatic heterocycles. The minimum atomic E-state index is 0.170. The Morgan fingerprint density at radius 1 is 1.47 bits per heavy atom. The summed E-state index contributed by atoms with van der Waals surface area (Å²) in [5.74, 6) is 0.745. The van der Waals surface area contributed by atoms with Gasteiger partial charge in [0.1, 0.15) is 5.75 Å². The average molecular weight is 283 g/mol. The van der Waals surface area contributed by atoms with E-state index < -0.39 is 0 Å². The highest BCUT2D eigenvalue weighted by Gasteiger charge is 2.27. The van der Waals surface area contributed by atoms with Crippen molar-refractivity contribution in [3.05, 3.63) is 23.2 Å². The molecule has 0 aliphatic carbocycles. The number of anilines is 1. The maximum Gasteiger partial charge on any atom is 0.139 e. The molecule has 3 nitrogen and oxygen atoms in total. The van der Waals surface area contributed by atoms with Crippen molar-refractivity contribution < 1.29 is 4.74 Å². The van der Waals surface area contributed by atoms with E-state index in [-0.39, 0.29) is 5.54 Å². The second kappa shape index (κ2) is 6.02. The summed E-state index contributed by atoms with van der Waals surface area (Å²) in [4.78, 5) is 2.42. The molecule has 0 amide bonds. The van der Waals surface area contributed by atoms with E-state index in [0.717, 1.165) is 38.2 Å². The number of rotatable bonds is 3. The molecule has 1 aromatic rings. The van der Waals surface area contributed by atoms with E-state index in [1.165, 1.54) is 5.69 Å². The van der Waals surface area contributed by atoms with Crippen molar-refractivity contribution in [2.45, 2.75) is 32.2 Å². The van der Waals surface area contributed by atoms with Crippen molar-refractivity contribution in [2.75, 3.05) is 31.6 Å². The fraction of sp³-hybridized carbons (Fsp3) is 0.600. The van der Waals surface area contributed by atoms with Gasteiger partial charge in [0.05, 0.1) is 12.1 Å². The Morgan fingerprint density at radius 2 is 2.26 bits per heavy atom. The van der Waals surface area contributed by atoms with Crippen molar-refractivity contribution in [3.8, 4) is 5.75 Å². The average Bonchev–Trinajstić information content (AvgIpc) is 2.62. The molecule has 1 aromatic carbocycles. The van der Waals surface area contributed by atoms with Gasteiger partial charge < -0.3 is 15.0 Å². The smallest absolute Gasteiger partial charge is 0.139 e. The van der Waals surface area contributed by atoms with Crippen LogP contribution in [-0.2, 0) is 0 Å². The van der Waals surface area contributed by atoms with Crippen LogP contribution < -0.4 is 15.0 Å². The number of hydrogen-bond donors (Lipinski definition) is 1. The normalized spacial score (nSPS) is 24.1. The molecule has 1 N–H and O–H groups in total. The molecule has 1 saturated heterocycles. The predicted octanol–water partition coefficient (Wildman–Crippen LogP) is 3.32. The van der Waals surface area contributed by atoms with Crippen LogP contribution in [0.1, 0.15) is 26.7 Å². The van der Waals surface area contributed by atoms with Crippen LogP contribution in [0, 0.1) is 0 Å². The first-order valence-corrected chi connectivity index (χ1v) is 7.29. The highest BCUT2D eigenvalue weighted by molar-refractivity contribution is 6.32. The third kappa shape index (κ3) is 3.34.